The Morgan fingerprint density at radius 1 is 1.16 bits per heavy atom. The maximum Gasteiger partial charge on any atom is 0.256 e. The fraction of sp³-hybridized carbons (Fsp3) is 0.519. The van der Waals surface area contributed by atoms with Crippen LogP contribution in [0.4, 0.5) is 17.6 Å². The van der Waals surface area contributed by atoms with Crippen molar-refractivity contribution in [2.75, 3.05) is 49.7 Å². The van der Waals surface area contributed by atoms with Gasteiger partial charge in [0.15, 0.2) is 5.16 Å². The van der Waals surface area contributed by atoms with Crippen LogP contribution in [-0.4, -0.2) is 70.3 Å². The van der Waals surface area contributed by atoms with Gasteiger partial charge in [-0.05, 0) is 87.5 Å². The first kappa shape index (κ1) is 27.6. The molecule has 2 aromatic rings. The van der Waals surface area contributed by atoms with Gasteiger partial charge in [-0.3, -0.25) is 4.79 Å². The zero-order valence-electron chi connectivity index (χ0n) is 22.4. The van der Waals surface area contributed by atoms with Gasteiger partial charge < -0.3 is 15.1 Å². The summed E-state index contributed by atoms with van der Waals surface area (Å²) in [6.07, 6.45) is 7.24. The molecule has 10 heteroatoms. The van der Waals surface area contributed by atoms with Gasteiger partial charge in [0, 0.05) is 42.7 Å². The van der Waals surface area contributed by atoms with Gasteiger partial charge in [0.2, 0.25) is 11.9 Å². The molecule has 2 aliphatic rings. The second-order valence-electron chi connectivity index (χ2n) is 9.75. The van der Waals surface area contributed by atoms with E-state index in [4.69, 9.17) is 19.9 Å². The molecule has 37 heavy (non-hydrogen) atoms. The summed E-state index contributed by atoms with van der Waals surface area (Å²) in [6, 6.07) is 7.83. The van der Waals surface area contributed by atoms with Gasteiger partial charge in [0.05, 0.1) is 5.04 Å². The number of hydrogen-bond acceptors (Lipinski definition) is 9. The third-order valence-corrected chi connectivity index (χ3v) is 8.32. The Hall–Kier alpha value is -2.43. The van der Waals surface area contributed by atoms with E-state index in [1.54, 1.807) is 11.8 Å². The van der Waals surface area contributed by atoms with Crippen molar-refractivity contribution in [1.82, 2.24) is 19.9 Å². The maximum absolute atomic E-state index is 12.1. The Morgan fingerprint density at radius 2 is 1.86 bits per heavy atom. The van der Waals surface area contributed by atoms with Crippen LogP contribution in [-0.2, 0) is 4.79 Å². The zero-order chi connectivity index (χ0) is 26.4. The number of anilines is 2. The van der Waals surface area contributed by atoms with Crippen LogP contribution in [0.5, 0.6) is 0 Å². The molecule has 1 aliphatic heterocycles. The van der Waals surface area contributed by atoms with Crippen LogP contribution in [0.2, 0.25) is 0 Å². The third kappa shape index (κ3) is 8.02. The van der Waals surface area contributed by atoms with E-state index in [1.165, 1.54) is 17.3 Å². The van der Waals surface area contributed by atoms with Crippen molar-refractivity contribution >= 4 is 52.1 Å². The van der Waals surface area contributed by atoms with E-state index < -0.39 is 0 Å². The van der Waals surface area contributed by atoms with E-state index >= 15 is 0 Å². The summed E-state index contributed by atoms with van der Waals surface area (Å²) in [5, 5.41) is 4.49. The molecule has 0 radical (unpaired) electrons. The molecule has 1 aromatic carbocycles. The Balaban J connectivity index is 1.58. The number of rotatable bonds is 9. The van der Waals surface area contributed by atoms with Gasteiger partial charge in [-0.15, -0.1) is 11.8 Å². The number of thioether (sulfide) groups is 1. The number of allylic oxidation sites excluding steroid dienone is 1. The van der Waals surface area contributed by atoms with Crippen molar-refractivity contribution in [3.63, 3.8) is 0 Å². The Bertz CT molecular complexity index is 1140. The lowest BCUT2D eigenvalue weighted by Crippen LogP contribution is -2.45. The summed E-state index contributed by atoms with van der Waals surface area (Å²) in [4.78, 5) is 36.6. The predicted molar refractivity (Wildman–Crippen MR) is 155 cm³/mol. The summed E-state index contributed by atoms with van der Waals surface area (Å²) in [5.41, 5.74) is 2.11. The topological polar surface area (TPSA) is 86.6 Å². The van der Waals surface area contributed by atoms with Crippen LogP contribution in [0.25, 0.3) is 0 Å². The molecule has 0 bridgehead atoms. The smallest absolute Gasteiger partial charge is 0.256 e. The van der Waals surface area contributed by atoms with Crippen molar-refractivity contribution in [2.45, 2.75) is 50.1 Å². The summed E-state index contributed by atoms with van der Waals surface area (Å²) in [7, 11) is 2.13. The lowest BCUT2D eigenvalue weighted by atomic mass is 10.0. The number of hydrogen-bond donors (Lipinski definition) is 1. The van der Waals surface area contributed by atoms with Crippen LogP contribution in [0, 0.1) is 11.8 Å². The molecule has 1 amide bonds. The van der Waals surface area contributed by atoms with Crippen LogP contribution in [0.15, 0.2) is 51.0 Å². The van der Waals surface area contributed by atoms with Crippen LogP contribution >= 0.6 is 23.5 Å². The molecule has 1 aromatic heterocycles. The summed E-state index contributed by atoms with van der Waals surface area (Å²) >= 11 is 3.08. The third-order valence-electron chi connectivity index (χ3n) is 6.82. The molecular weight excluding hydrogens is 502 g/mol. The van der Waals surface area contributed by atoms with Crippen molar-refractivity contribution < 1.29 is 4.79 Å². The molecule has 4 rings (SSSR count). The van der Waals surface area contributed by atoms with Crippen LogP contribution in [0.1, 0.15) is 40.0 Å². The van der Waals surface area contributed by atoms with Crippen molar-refractivity contribution in [2.24, 2.45) is 16.8 Å². The normalized spacial score (nSPS) is 18.1. The number of likely N-dealkylation sites (N-methyl/N-ethyl adjacent to an activating group) is 1. The fourth-order valence-electron chi connectivity index (χ4n) is 3.78. The SMILES string of the molecule is CCC(C)/C(C)=C\C(=Nc1nc(Sc2ccc(NC(=O)C3CC3)cc2)nc(N2CCN(C)CC2)n1)SC. The van der Waals surface area contributed by atoms with Gasteiger partial charge in [-0.2, -0.15) is 15.0 Å². The molecule has 1 unspecified atom stereocenters. The highest BCUT2D eigenvalue weighted by molar-refractivity contribution is 8.13. The second-order valence-corrected chi connectivity index (χ2v) is 11.6. The minimum atomic E-state index is 0.111. The minimum Gasteiger partial charge on any atom is -0.338 e. The number of amides is 1. The highest BCUT2D eigenvalue weighted by Crippen LogP contribution is 2.32. The number of carbonyl (C=O) groups is 1. The first-order valence-corrected chi connectivity index (χ1v) is 15.0. The molecule has 2 heterocycles. The lowest BCUT2D eigenvalue weighted by Gasteiger charge is -2.32. The minimum absolute atomic E-state index is 0.111. The predicted octanol–water partition coefficient (Wildman–Crippen LogP) is 5.51. The average molecular weight is 540 g/mol. The fourth-order valence-corrected chi connectivity index (χ4v) is 4.99. The molecule has 1 aliphatic carbocycles. The van der Waals surface area contributed by atoms with Gasteiger partial charge >= 0.3 is 0 Å². The number of carbonyl (C=O) groups excluding carboxylic acids is 1. The molecular formula is C27H37N7OS2. The van der Waals surface area contributed by atoms with Crippen molar-refractivity contribution in [1.29, 1.82) is 0 Å². The number of piperazine rings is 1. The Morgan fingerprint density at radius 3 is 2.49 bits per heavy atom. The number of aliphatic imine (C=N–C) groups is 1. The Labute approximate surface area is 228 Å². The van der Waals surface area contributed by atoms with Crippen molar-refractivity contribution in [3.8, 4) is 0 Å². The molecule has 1 N–H and O–H groups in total. The van der Waals surface area contributed by atoms with E-state index in [0.717, 1.165) is 61.1 Å². The number of nitrogens with one attached hydrogen (secondary N) is 1. The summed E-state index contributed by atoms with van der Waals surface area (Å²) in [6.45, 7) is 10.2. The van der Waals surface area contributed by atoms with E-state index in [-0.39, 0.29) is 11.8 Å². The second kappa shape index (κ2) is 12.9. The monoisotopic (exact) mass is 539 g/mol. The standard InChI is InChI=1S/C27H37N7OS2/c1-6-18(2)19(3)17-23(36-5)29-25-30-26(34-15-13-33(4)14-16-34)32-27(31-25)37-22-11-9-21(10-12-22)28-24(35)20-7-8-20/h9-12,17-18,20H,6-8,13-16H2,1-5H3,(H,28,35)/b19-17-,29-23?. The molecule has 2 fully saturated rings. The molecule has 8 nitrogen and oxygen atoms in total. The van der Waals surface area contributed by atoms with E-state index in [1.807, 2.05) is 30.5 Å². The van der Waals surface area contributed by atoms with Gasteiger partial charge in [-0.1, -0.05) is 19.4 Å². The number of benzene rings is 1. The van der Waals surface area contributed by atoms with Gasteiger partial charge in [0.1, 0.15) is 0 Å². The van der Waals surface area contributed by atoms with Crippen LogP contribution in [0.3, 0.4) is 0 Å². The largest absolute Gasteiger partial charge is 0.338 e. The van der Waals surface area contributed by atoms with Crippen LogP contribution < -0.4 is 10.2 Å². The average Bonchev–Trinajstić information content (AvgIpc) is 3.75. The first-order chi connectivity index (χ1) is 17.8. The molecule has 1 atom stereocenters. The zero-order valence-corrected chi connectivity index (χ0v) is 24.0. The summed E-state index contributed by atoms with van der Waals surface area (Å²) in [5.74, 6) is 1.89. The van der Waals surface area contributed by atoms with E-state index in [2.05, 4.69) is 49.0 Å². The molecule has 0 spiro atoms. The van der Waals surface area contributed by atoms with E-state index in [0.29, 0.717) is 23.0 Å². The van der Waals surface area contributed by atoms with Crippen molar-refractivity contribution in [3.05, 3.63) is 35.9 Å². The van der Waals surface area contributed by atoms with E-state index in [9.17, 15) is 4.79 Å². The lowest BCUT2D eigenvalue weighted by molar-refractivity contribution is -0.117. The molecule has 198 valence electrons. The number of nitrogens with zero attached hydrogens (tertiary/aromatic N) is 6. The quantitative estimate of drug-likeness (QED) is 0.330. The van der Waals surface area contributed by atoms with Gasteiger partial charge in [0.25, 0.3) is 5.95 Å². The summed E-state index contributed by atoms with van der Waals surface area (Å²) < 4.78 is 0. The first-order valence-electron chi connectivity index (χ1n) is 12.9. The maximum atomic E-state index is 12.1. The van der Waals surface area contributed by atoms with Gasteiger partial charge in [-0.25, -0.2) is 4.99 Å². The highest BCUT2D eigenvalue weighted by Gasteiger charge is 2.29. The molecule has 1 saturated heterocycles. The number of aromatic nitrogens is 3. The molecule has 1 saturated carbocycles. The Kier molecular flexibility index (Phi) is 9.61. The highest BCUT2D eigenvalue weighted by atomic mass is 32.2.